The maximum atomic E-state index is 11.6. The van der Waals surface area contributed by atoms with E-state index < -0.39 is 0 Å². The van der Waals surface area contributed by atoms with Gasteiger partial charge in [0.2, 0.25) is 0 Å². The zero-order valence-corrected chi connectivity index (χ0v) is 12.7. The van der Waals surface area contributed by atoms with E-state index >= 15 is 0 Å². The fourth-order valence-corrected chi connectivity index (χ4v) is 2.60. The molecule has 0 fully saturated rings. The lowest BCUT2D eigenvalue weighted by Gasteiger charge is -2.11. The minimum atomic E-state index is -0.350. The van der Waals surface area contributed by atoms with Gasteiger partial charge in [-0.3, -0.25) is 9.36 Å². The minimum Gasteiger partial charge on any atom is -0.465 e. The molecule has 106 valence electrons. The summed E-state index contributed by atoms with van der Waals surface area (Å²) < 4.78 is 6.76. The molecule has 7 heteroatoms. The summed E-state index contributed by atoms with van der Waals surface area (Å²) in [6.45, 7) is 3.92. The monoisotopic (exact) mass is 311 g/mol. The summed E-state index contributed by atoms with van der Waals surface area (Å²) in [5.41, 5.74) is 0.848. The predicted octanol–water partition coefficient (Wildman–Crippen LogP) is 2.96. The molecule has 1 aromatic carbocycles. The van der Waals surface area contributed by atoms with Gasteiger partial charge < -0.3 is 4.74 Å². The van der Waals surface area contributed by atoms with E-state index in [9.17, 15) is 4.79 Å². The van der Waals surface area contributed by atoms with Crippen molar-refractivity contribution in [3.05, 3.63) is 35.6 Å². The second-order valence-electron chi connectivity index (χ2n) is 3.98. The number of thioether (sulfide) groups is 1. The van der Waals surface area contributed by atoms with E-state index in [1.165, 1.54) is 11.8 Å². The fraction of sp³-hybridized carbons (Fsp3) is 0.308. The standard InChI is InChI=1S/C13H14ClN3O2S/c1-3-19-12(18)9(2)20-13-16-15-8-17(13)11-6-4-5-10(14)7-11/h4-9H,3H2,1-2H3. The van der Waals surface area contributed by atoms with Crippen LogP contribution in [0.15, 0.2) is 35.7 Å². The topological polar surface area (TPSA) is 57.0 Å². The van der Waals surface area contributed by atoms with E-state index in [1.807, 2.05) is 18.2 Å². The third-order valence-corrected chi connectivity index (χ3v) is 3.77. The molecule has 0 aliphatic carbocycles. The Morgan fingerprint density at radius 3 is 3.05 bits per heavy atom. The van der Waals surface area contributed by atoms with Gasteiger partial charge in [-0.1, -0.05) is 29.4 Å². The molecule has 1 unspecified atom stereocenters. The summed E-state index contributed by atoms with van der Waals surface area (Å²) in [6.07, 6.45) is 1.59. The highest BCUT2D eigenvalue weighted by molar-refractivity contribution is 8.00. The Labute approximate surface area is 126 Å². The molecule has 0 saturated heterocycles. The lowest BCUT2D eigenvalue weighted by molar-refractivity contribution is -0.142. The van der Waals surface area contributed by atoms with E-state index in [2.05, 4.69) is 10.2 Å². The van der Waals surface area contributed by atoms with Gasteiger partial charge in [0.25, 0.3) is 0 Å². The summed E-state index contributed by atoms with van der Waals surface area (Å²) in [5.74, 6) is -0.266. The van der Waals surface area contributed by atoms with Gasteiger partial charge in [0.05, 0.1) is 12.3 Å². The fourth-order valence-electron chi connectivity index (χ4n) is 1.57. The number of hydrogen-bond donors (Lipinski definition) is 0. The van der Waals surface area contributed by atoms with E-state index in [0.717, 1.165) is 5.69 Å². The molecule has 2 rings (SSSR count). The van der Waals surface area contributed by atoms with Gasteiger partial charge in [-0.15, -0.1) is 10.2 Å². The average molecular weight is 312 g/mol. The molecular weight excluding hydrogens is 298 g/mol. The highest BCUT2D eigenvalue weighted by Crippen LogP contribution is 2.25. The average Bonchev–Trinajstić information content (AvgIpc) is 2.87. The second kappa shape index (κ2) is 6.76. The van der Waals surface area contributed by atoms with Crippen molar-refractivity contribution >= 4 is 29.3 Å². The number of hydrogen-bond acceptors (Lipinski definition) is 5. The Balaban J connectivity index is 2.19. The Bertz CT molecular complexity index is 603. The van der Waals surface area contributed by atoms with Crippen LogP contribution in [-0.4, -0.2) is 32.6 Å². The lowest BCUT2D eigenvalue weighted by atomic mass is 10.3. The Hall–Kier alpha value is -1.53. The van der Waals surface area contributed by atoms with Crippen molar-refractivity contribution in [2.75, 3.05) is 6.61 Å². The van der Waals surface area contributed by atoms with Crippen LogP contribution in [0, 0.1) is 0 Å². The molecule has 5 nitrogen and oxygen atoms in total. The molecule has 1 atom stereocenters. The zero-order valence-electron chi connectivity index (χ0n) is 11.1. The molecule has 0 bridgehead atoms. The molecule has 0 aliphatic heterocycles. The van der Waals surface area contributed by atoms with Crippen LogP contribution in [0.25, 0.3) is 5.69 Å². The number of ether oxygens (including phenoxy) is 1. The molecule has 0 amide bonds. The second-order valence-corrected chi connectivity index (χ2v) is 5.72. The Morgan fingerprint density at radius 2 is 2.35 bits per heavy atom. The largest absolute Gasteiger partial charge is 0.465 e. The van der Waals surface area contributed by atoms with Crippen molar-refractivity contribution in [2.45, 2.75) is 24.3 Å². The van der Waals surface area contributed by atoms with Gasteiger partial charge in [-0.25, -0.2) is 0 Å². The summed E-state index contributed by atoms with van der Waals surface area (Å²) in [7, 11) is 0. The highest BCUT2D eigenvalue weighted by atomic mass is 35.5. The van der Waals surface area contributed by atoms with Crippen molar-refractivity contribution in [3.8, 4) is 5.69 Å². The number of carbonyl (C=O) groups is 1. The first kappa shape index (κ1) is 14.9. The van der Waals surface area contributed by atoms with Crippen LogP contribution in [-0.2, 0) is 9.53 Å². The summed E-state index contributed by atoms with van der Waals surface area (Å²) >= 11 is 7.27. The molecule has 0 spiro atoms. The van der Waals surface area contributed by atoms with Crippen molar-refractivity contribution in [2.24, 2.45) is 0 Å². The Kier molecular flexibility index (Phi) is 5.03. The highest BCUT2D eigenvalue weighted by Gasteiger charge is 2.19. The van der Waals surface area contributed by atoms with E-state index in [-0.39, 0.29) is 11.2 Å². The number of aromatic nitrogens is 3. The first-order valence-electron chi connectivity index (χ1n) is 6.11. The number of carbonyl (C=O) groups excluding carboxylic acids is 1. The molecule has 1 heterocycles. The Morgan fingerprint density at radius 1 is 1.55 bits per heavy atom. The number of benzene rings is 1. The molecule has 0 N–H and O–H groups in total. The van der Waals surface area contributed by atoms with Crippen LogP contribution in [0.3, 0.4) is 0 Å². The van der Waals surface area contributed by atoms with E-state index in [0.29, 0.717) is 16.8 Å². The van der Waals surface area contributed by atoms with Gasteiger partial charge in [0.1, 0.15) is 11.6 Å². The molecule has 1 aromatic heterocycles. The third kappa shape index (κ3) is 3.52. The van der Waals surface area contributed by atoms with E-state index in [4.69, 9.17) is 16.3 Å². The van der Waals surface area contributed by atoms with Crippen molar-refractivity contribution < 1.29 is 9.53 Å². The van der Waals surface area contributed by atoms with E-state index in [1.54, 1.807) is 30.8 Å². The first-order chi connectivity index (χ1) is 9.61. The molecule has 0 aliphatic rings. The van der Waals surface area contributed by atoms with Crippen LogP contribution in [0.4, 0.5) is 0 Å². The minimum absolute atomic E-state index is 0.266. The maximum absolute atomic E-state index is 11.6. The zero-order chi connectivity index (χ0) is 14.5. The van der Waals surface area contributed by atoms with Crippen LogP contribution >= 0.6 is 23.4 Å². The van der Waals surface area contributed by atoms with Crippen molar-refractivity contribution in [1.29, 1.82) is 0 Å². The predicted molar refractivity (Wildman–Crippen MR) is 78.3 cm³/mol. The lowest BCUT2D eigenvalue weighted by Crippen LogP contribution is -2.17. The van der Waals surface area contributed by atoms with Gasteiger partial charge in [0, 0.05) is 5.02 Å². The number of esters is 1. The maximum Gasteiger partial charge on any atom is 0.319 e. The van der Waals surface area contributed by atoms with Crippen LogP contribution in [0.1, 0.15) is 13.8 Å². The molecular formula is C13H14ClN3O2S. The number of nitrogens with zero attached hydrogens (tertiary/aromatic N) is 3. The third-order valence-electron chi connectivity index (χ3n) is 2.50. The summed E-state index contributed by atoms with van der Waals surface area (Å²) in [6, 6.07) is 7.35. The van der Waals surface area contributed by atoms with Crippen molar-refractivity contribution in [1.82, 2.24) is 14.8 Å². The number of halogens is 1. The van der Waals surface area contributed by atoms with Crippen LogP contribution in [0.2, 0.25) is 5.02 Å². The first-order valence-corrected chi connectivity index (χ1v) is 7.37. The van der Waals surface area contributed by atoms with Gasteiger partial charge in [-0.05, 0) is 32.0 Å². The normalized spacial score (nSPS) is 12.2. The SMILES string of the molecule is CCOC(=O)C(C)Sc1nncn1-c1cccc(Cl)c1. The molecule has 0 saturated carbocycles. The molecule has 0 radical (unpaired) electrons. The summed E-state index contributed by atoms with van der Waals surface area (Å²) in [4.78, 5) is 11.6. The smallest absolute Gasteiger partial charge is 0.319 e. The number of rotatable bonds is 5. The van der Waals surface area contributed by atoms with Crippen LogP contribution in [0.5, 0.6) is 0 Å². The summed E-state index contributed by atoms with van der Waals surface area (Å²) in [5, 5.41) is 8.81. The molecule has 20 heavy (non-hydrogen) atoms. The van der Waals surface area contributed by atoms with Gasteiger partial charge in [0.15, 0.2) is 5.16 Å². The van der Waals surface area contributed by atoms with Gasteiger partial charge in [-0.2, -0.15) is 0 Å². The van der Waals surface area contributed by atoms with Crippen LogP contribution < -0.4 is 0 Å². The molecule has 2 aromatic rings. The van der Waals surface area contributed by atoms with Crippen molar-refractivity contribution in [3.63, 3.8) is 0 Å². The van der Waals surface area contributed by atoms with Gasteiger partial charge >= 0.3 is 5.97 Å². The quantitative estimate of drug-likeness (QED) is 0.627.